The summed E-state index contributed by atoms with van der Waals surface area (Å²) in [7, 11) is 0. The first kappa shape index (κ1) is 14.1. The van der Waals surface area contributed by atoms with Crippen LogP contribution in [0.3, 0.4) is 0 Å². The third-order valence-corrected chi connectivity index (χ3v) is 2.45. The van der Waals surface area contributed by atoms with Gasteiger partial charge in [0, 0.05) is 11.5 Å². The zero-order valence-corrected chi connectivity index (χ0v) is 10.5. The zero-order chi connectivity index (χ0) is 13.9. The molecule has 0 aromatic rings. The van der Waals surface area contributed by atoms with Crippen molar-refractivity contribution in [1.82, 2.24) is 4.90 Å². The Morgan fingerprint density at radius 2 is 2.11 bits per heavy atom. The summed E-state index contributed by atoms with van der Waals surface area (Å²) in [6, 6.07) is -1.91. The maximum Gasteiger partial charge on any atom is 0.411 e. The second-order valence-corrected chi connectivity index (χ2v) is 5.02. The van der Waals surface area contributed by atoms with Gasteiger partial charge in [-0.1, -0.05) is 5.11 Å². The van der Waals surface area contributed by atoms with E-state index in [-0.39, 0.29) is 6.54 Å². The third kappa shape index (κ3) is 3.27. The normalized spacial score (nSPS) is 23.4. The van der Waals surface area contributed by atoms with Crippen molar-refractivity contribution in [2.45, 2.75) is 44.9 Å². The molecule has 1 rings (SSSR count). The third-order valence-electron chi connectivity index (χ3n) is 2.45. The van der Waals surface area contributed by atoms with E-state index in [0.29, 0.717) is 6.42 Å². The van der Waals surface area contributed by atoms with Gasteiger partial charge in [-0.2, -0.15) is 0 Å². The first-order chi connectivity index (χ1) is 8.26. The number of azide groups is 1. The molecule has 1 fully saturated rings. The van der Waals surface area contributed by atoms with Gasteiger partial charge in [-0.15, -0.1) is 0 Å². The lowest BCUT2D eigenvalue weighted by Crippen LogP contribution is -2.46. The Labute approximate surface area is 104 Å². The van der Waals surface area contributed by atoms with Crippen molar-refractivity contribution in [3.63, 3.8) is 0 Å². The van der Waals surface area contributed by atoms with E-state index in [9.17, 15) is 9.59 Å². The van der Waals surface area contributed by atoms with Crippen LogP contribution in [0.2, 0.25) is 0 Å². The predicted molar refractivity (Wildman–Crippen MR) is 61.9 cm³/mol. The van der Waals surface area contributed by atoms with E-state index in [0.717, 1.165) is 4.90 Å². The molecule has 2 atom stereocenters. The Balaban J connectivity index is 2.86. The quantitative estimate of drug-likeness (QED) is 0.460. The monoisotopic (exact) mass is 256 g/mol. The first-order valence-electron chi connectivity index (χ1n) is 5.53. The molecule has 0 unspecified atom stereocenters. The molecule has 8 nitrogen and oxygen atoms in total. The summed E-state index contributed by atoms with van der Waals surface area (Å²) in [6.45, 7) is 5.29. The standard InChI is InChI=1S/C10H16N4O4/c1-10(2,3)18-9(17)14-5-4-6(12-13-11)7(14)8(15)16/h6-7H,4-5H2,1-3H3,(H,15,16)/t6-,7-/m1/s1. The first-order valence-corrected chi connectivity index (χ1v) is 5.53. The number of carboxylic acids is 1. The van der Waals surface area contributed by atoms with Crippen molar-refractivity contribution in [1.29, 1.82) is 0 Å². The summed E-state index contributed by atoms with van der Waals surface area (Å²) >= 11 is 0. The van der Waals surface area contributed by atoms with Gasteiger partial charge < -0.3 is 9.84 Å². The molecule has 1 aliphatic heterocycles. The van der Waals surface area contributed by atoms with Crippen molar-refractivity contribution in [2.24, 2.45) is 5.11 Å². The summed E-state index contributed by atoms with van der Waals surface area (Å²) in [5.41, 5.74) is 7.67. The molecule has 1 aliphatic rings. The van der Waals surface area contributed by atoms with Crippen molar-refractivity contribution >= 4 is 12.1 Å². The number of hydrogen-bond donors (Lipinski definition) is 1. The van der Waals surface area contributed by atoms with E-state index in [2.05, 4.69) is 10.0 Å². The molecule has 8 heteroatoms. The van der Waals surface area contributed by atoms with Crippen LogP contribution in [0.4, 0.5) is 4.79 Å². The number of ether oxygens (including phenoxy) is 1. The number of rotatable bonds is 2. The summed E-state index contributed by atoms with van der Waals surface area (Å²) in [4.78, 5) is 26.7. The van der Waals surface area contributed by atoms with Gasteiger partial charge in [0.2, 0.25) is 0 Å². The van der Waals surface area contributed by atoms with Gasteiger partial charge >= 0.3 is 12.1 Å². The molecule has 0 bridgehead atoms. The summed E-state index contributed by atoms with van der Waals surface area (Å²) < 4.78 is 5.12. The number of nitrogens with zero attached hydrogens (tertiary/aromatic N) is 4. The van der Waals surface area contributed by atoms with Crippen molar-refractivity contribution in [3.8, 4) is 0 Å². The van der Waals surface area contributed by atoms with E-state index in [4.69, 9.17) is 15.4 Å². The van der Waals surface area contributed by atoms with Gasteiger partial charge in [-0.25, -0.2) is 9.59 Å². The fourth-order valence-corrected chi connectivity index (χ4v) is 1.79. The van der Waals surface area contributed by atoms with Crippen LogP contribution in [0.1, 0.15) is 27.2 Å². The maximum atomic E-state index is 11.8. The number of aliphatic carboxylic acids is 1. The molecule has 0 radical (unpaired) electrons. The van der Waals surface area contributed by atoms with Gasteiger partial charge in [0.05, 0.1) is 6.04 Å². The van der Waals surface area contributed by atoms with Gasteiger partial charge in [-0.05, 0) is 32.7 Å². The van der Waals surface area contributed by atoms with Gasteiger partial charge in [0.1, 0.15) is 11.6 Å². The van der Waals surface area contributed by atoms with Crippen LogP contribution < -0.4 is 0 Å². The number of carbonyl (C=O) groups is 2. The highest BCUT2D eigenvalue weighted by Gasteiger charge is 2.43. The lowest BCUT2D eigenvalue weighted by Gasteiger charge is -2.27. The minimum Gasteiger partial charge on any atom is -0.480 e. The molecule has 0 aromatic heterocycles. The molecule has 1 saturated heterocycles. The van der Waals surface area contributed by atoms with Crippen molar-refractivity contribution in [2.75, 3.05) is 6.54 Å². The highest BCUT2D eigenvalue weighted by molar-refractivity contribution is 5.81. The molecule has 1 amide bonds. The predicted octanol–water partition coefficient (Wildman–Crippen LogP) is 1.76. The van der Waals surface area contributed by atoms with E-state index in [1.807, 2.05) is 0 Å². The molecule has 18 heavy (non-hydrogen) atoms. The topological polar surface area (TPSA) is 116 Å². The fourth-order valence-electron chi connectivity index (χ4n) is 1.79. The molecule has 0 aromatic carbocycles. The molecule has 100 valence electrons. The Bertz CT molecular complexity index is 397. The molecule has 1 N–H and O–H groups in total. The summed E-state index contributed by atoms with van der Waals surface area (Å²) in [6.07, 6.45) is -0.383. The average Bonchev–Trinajstić information content (AvgIpc) is 2.59. The van der Waals surface area contributed by atoms with E-state index in [1.165, 1.54) is 0 Å². The van der Waals surface area contributed by atoms with E-state index >= 15 is 0 Å². The van der Waals surface area contributed by atoms with E-state index in [1.54, 1.807) is 20.8 Å². The number of amides is 1. The molecule has 0 saturated carbocycles. The number of hydrogen-bond acceptors (Lipinski definition) is 4. The van der Waals surface area contributed by atoms with Crippen LogP contribution in [-0.4, -0.2) is 46.3 Å². The van der Waals surface area contributed by atoms with Crippen LogP contribution in [0.5, 0.6) is 0 Å². The highest BCUT2D eigenvalue weighted by atomic mass is 16.6. The molecular weight excluding hydrogens is 240 g/mol. The van der Waals surface area contributed by atoms with Gasteiger partial charge in [0.15, 0.2) is 0 Å². The van der Waals surface area contributed by atoms with Crippen molar-refractivity contribution in [3.05, 3.63) is 10.4 Å². The lowest BCUT2D eigenvalue weighted by atomic mass is 10.1. The van der Waals surface area contributed by atoms with Crippen LogP contribution in [0.25, 0.3) is 10.4 Å². The largest absolute Gasteiger partial charge is 0.480 e. The SMILES string of the molecule is CC(C)(C)OC(=O)N1CC[C@@H](N=[N+]=[N-])[C@@H]1C(=O)O. The minimum absolute atomic E-state index is 0.204. The van der Waals surface area contributed by atoms with Crippen LogP contribution >= 0.6 is 0 Å². The molecular formula is C10H16N4O4. The molecule has 1 heterocycles. The maximum absolute atomic E-state index is 11.8. The zero-order valence-electron chi connectivity index (χ0n) is 10.5. The van der Waals surface area contributed by atoms with Gasteiger partial charge in [0.25, 0.3) is 0 Å². The van der Waals surface area contributed by atoms with Crippen LogP contribution in [-0.2, 0) is 9.53 Å². The number of carboxylic acid groups (broad SMARTS) is 1. The Morgan fingerprint density at radius 1 is 1.50 bits per heavy atom. The average molecular weight is 256 g/mol. The summed E-state index contributed by atoms with van der Waals surface area (Å²) in [5.74, 6) is -1.20. The number of likely N-dealkylation sites (tertiary alicyclic amines) is 1. The Kier molecular flexibility index (Phi) is 4.03. The molecule has 0 aliphatic carbocycles. The Morgan fingerprint density at radius 3 is 2.56 bits per heavy atom. The lowest BCUT2D eigenvalue weighted by molar-refractivity contribution is -0.142. The minimum atomic E-state index is -1.20. The number of carbonyl (C=O) groups excluding carboxylic acids is 1. The van der Waals surface area contributed by atoms with Crippen LogP contribution in [0.15, 0.2) is 5.11 Å². The summed E-state index contributed by atoms with van der Waals surface area (Å²) in [5, 5.41) is 12.5. The van der Waals surface area contributed by atoms with Gasteiger partial charge in [-0.3, -0.25) is 4.90 Å². The Hall–Kier alpha value is -1.95. The molecule has 0 spiro atoms. The van der Waals surface area contributed by atoms with E-state index < -0.39 is 29.7 Å². The second kappa shape index (κ2) is 5.14. The fraction of sp³-hybridized carbons (Fsp3) is 0.800. The van der Waals surface area contributed by atoms with Crippen LogP contribution in [0, 0.1) is 0 Å². The van der Waals surface area contributed by atoms with Crippen molar-refractivity contribution < 1.29 is 19.4 Å². The highest BCUT2D eigenvalue weighted by Crippen LogP contribution is 2.24. The second-order valence-electron chi connectivity index (χ2n) is 5.02. The smallest absolute Gasteiger partial charge is 0.411 e.